The van der Waals surface area contributed by atoms with E-state index in [9.17, 15) is 9.59 Å². The number of carbonyl (C=O) groups excluding carboxylic acids is 1. The van der Waals surface area contributed by atoms with Crippen molar-refractivity contribution in [1.82, 2.24) is 4.57 Å². The molecular weight excluding hydrogens is 460 g/mol. The Bertz CT molecular complexity index is 1240. The molecule has 4 rings (SSSR count). The average Bonchev–Trinajstić information content (AvgIpc) is 3.30. The third kappa shape index (κ3) is 3.74. The van der Waals surface area contributed by atoms with Crippen LogP contribution in [0.5, 0.6) is 5.75 Å². The topological polar surface area (TPSA) is 94.5 Å². The van der Waals surface area contributed by atoms with E-state index in [4.69, 9.17) is 15.6 Å². The molecule has 0 saturated carbocycles. The molecule has 0 radical (unpaired) electrons. The summed E-state index contributed by atoms with van der Waals surface area (Å²) in [6.07, 6.45) is 2.78. The van der Waals surface area contributed by atoms with Crippen LogP contribution < -0.4 is 10.5 Å². The smallest absolute Gasteiger partial charge is 0.341 e. The fourth-order valence-electron chi connectivity index (χ4n) is 4.40. The van der Waals surface area contributed by atoms with Gasteiger partial charge in [-0.15, -0.1) is 0 Å². The molecule has 2 aromatic carbocycles. The van der Waals surface area contributed by atoms with Gasteiger partial charge in [0.1, 0.15) is 5.75 Å². The number of carbonyl (C=O) groups is 2. The first-order valence-electron chi connectivity index (χ1n) is 10.0. The van der Waals surface area contributed by atoms with Gasteiger partial charge in [0, 0.05) is 16.7 Å². The Morgan fingerprint density at radius 2 is 2.03 bits per heavy atom. The van der Waals surface area contributed by atoms with Crippen molar-refractivity contribution in [2.24, 2.45) is 5.73 Å². The number of aryl methyl sites for hydroxylation is 2. The number of carboxylic acids is 1. The molecule has 1 aromatic heterocycles. The van der Waals surface area contributed by atoms with Gasteiger partial charge in [-0.2, -0.15) is 0 Å². The van der Waals surface area contributed by atoms with Gasteiger partial charge in [-0.05, 0) is 55.0 Å². The van der Waals surface area contributed by atoms with Crippen LogP contribution in [0.25, 0.3) is 10.9 Å². The van der Waals surface area contributed by atoms with Crippen molar-refractivity contribution in [3.63, 3.8) is 0 Å². The molecule has 160 valence electrons. The zero-order chi connectivity index (χ0) is 22.3. The molecule has 0 bridgehead atoms. The normalized spacial score (nSPS) is 12.7. The van der Waals surface area contributed by atoms with Crippen molar-refractivity contribution in [3.05, 3.63) is 75.0 Å². The molecule has 1 aliphatic rings. The van der Waals surface area contributed by atoms with Gasteiger partial charge in [0.15, 0.2) is 6.61 Å². The van der Waals surface area contributed by atoms with Gasteiger partial charge in [-0.1, -0.05) is 40.7 Å². The number of aromatic nitrogens is 1. The number of ketones is 1. The van der Waals surface area contributed by atoms with Gasteiger partial charge in [0.25, 0.3) is 0 Å². The lowest BCUT2D eigenvalue weighted by Gasteiger charge is -2.14. The summed E-state index contributed by atoms with van der Waals surface area (Å²) >= 11 is 3.61. The summed E-state index contributed by atoms with van der Waals surface area (Å²) in [5.74, 6) is -1.04. The van der Waals surface area contributed by atoms with Crippen LogP contribution in [0.2, 0.25) is 0 Å². The zero-order valence-electron chi connectivity index (χ0n) is 17.2. The maximum Gasteiger partial charge on any atom is 0.341 e. The third-order valence-electron chi connectivity index (χ3n) is 5.78. The highest BCUT2D eigenvalue weighted by Gasteiger charge is 2.29. The maximum atomic E-state index is 13.1. The van der Waals surface area contributed by atoms with Crippen molar-refractivity contribution in [3.8, 4) is 5.75 Å². The molecule has 0 fully saturated rings. The molecule has 0 aliphatic heterocycles. The summed E-state index contributed by atoms with van der Waals surface area (Å²) in [6, 6.07) is 9.82. The first-order chi connectivity index (χ1) is 14.8. The monoisotopic (exact) mass is 482 g/mol. The van der Waals surface area contributed by atoms with Gasteiger partial charge in [-0.25, -0.2) is 4.79 Å². The van der Waals surface area contributed by atoms with Crippen LogP contribution >= 0.6 is 15.9 Å². The van der Waals surface area contributed by atoms with E-state index in [-0.39, 0.29) is 11.5 Å². The molecule has 0 amide bonds. The number of Topliss-reactive ketones (excluding diaryl/α,β-unsaturated/α-hetero) is 1. The quantitative estimate of drug-likeness (QED) is 0.385. The van der Waals surface area contributed by atoms with Crippen molar-refractivity contribution in [2.45, 2.75) is 32.7 Å². The standard InChI is InChI=1S/C24H23BrN2O4/c1-13(26)24(30)21-14(2)27(11-16-6-3-4-9-18(16)25)23-17-8-5-7-15(17)10-19(22(21)23)31-12-20(28)29/h3-4,6,9-10H,1,5,7-8,11-12,26H2,2H3,(H,28,29). The minimum Gasteiger partial charge on any atom is -0.481 e. The van der Waals surface area contributed by atoms with Gasteiger partial charge in [0.2, 0.25) is 5.78 Å². The fourth-order valence-corrected chi connectivity index (χ4v) is 4.81. The number of benzene rings is 2. The van der Waals surface area contributed by atoms with Crippen molar-refractivity contribution in [1.29, 1.82) is 0 Å². The van der Waals surface area contributed by atoms with Crippen LogP contribution in [0, 0.1) is 6.92 Å². The Morgan fingerprint density at radius 1 is 1.29 bits per heavy atom. The van der Waals surface area contributed by atoms with E-state index in [0.29, 0.717) is 23.2 Å². The highest BCUT2D eigenvalue weighted by molar-refractivity contribution is 9.10. The highest BCUT2D eigenvalue weighted by atomic mass is 79.9. The summed E-state index contributed by atoms with van der Waals surface area (Å²) in [4.78, 5) is 24.3. The number of hydrogen-bond acceptors (Lipinski definition) is 4. The van der Waals surface area contributed by atoms with Crippen LogP contribution in [0.4, 0.5) is 0 Å². The lowest BCUT2D eigenvalue weighted by Crippen LogP contribution is -2.13. The second-order valence-electron chi connectivity index (χ2n) is 7.76. The molecule has 0 atom stereocenters. The van der Waals surface area contributed by atoms with Crippen LogP contribution in [-0.4, -0.2) is 28.0 Å². The molecule has 3 N–H and O–H groups in total. The second kappa shape index (κ2) is 8.23. The van der Waals surface area contributed by atoms with Gasteiger partial charge in [-0.3, -0.25) is 4.79 Å². The average molecular weight is 483 g/mol. The Balaban J connectivity index is 2.04. The van der Waals surface area contributed by atoms with E-state index in [1.807, 2.05) is 37.3 Å². The molecule has 1 aliphatic carbocycles. The molecule has 7 heteroatoms. The predicted molar refractivity (Wildman–Crippen MR) is 123 cm³/mol. The van der Waals surface area contributed by atoms with Gasteiger partial charge >= 0.3 is 5.97 Å². The summed E-state index contributed by atoms with van der Waals surface area (Å²) in [6.45, 7) is 5.58. The summed E-state index contributed by atoms with van der Waals surface area (Å²) in [7, 11) is 0. The van der Waals surface area contributed by atoms with E-state index in [0.717, 1.165) is 46.1 Å². The number of carboxylic acid groups (broad SMARTS) is 1. The van der Waals surface area contributed by atoms with Crippen LogP contribution in [0.1, 0.15) is 39.2 Å². The van der Waals surface area contributed by atoms with Crippen molar-refractivity contribution >= 4 is 38.6 Å². The largest absolute Gasteiger partial charge is 0.481 e. The Morgan fingerprint density at radius 3 is 2.71 bits per heavy atom. The molecule has 3 aromatic rings. The summed E-state index contributed by atoms with van der Waals surface area (Å²) < 4.78 is 8.76. The Kier molecular flexibility index (Phi) is 5.62. The van der Waals surface area contributed by atoms with Gasteiger partial charge in [0.05, 0.1) is 22.2 Å². The molecule has 6 nitrogen and oxygen atoms in total. The molecule has 1 heterocycles. The number of nitrogens with zero attached hydrogens (tertiary/aromatic N) is 1. The lowest BCUT2D eigenvalue weighted by molar-refractivity contribution is -0.139. The van der Waals surface area contributed by atoms with E-state index in [1.165, 1.54) is 5.56 Å². The Labute approximate surface area is 188 Å². The number of ether oxygens (including phenoxy) is 1. The summed E-state index contributed by atoms with van der Waals surface area (Å²) in [5, 5.41) is 9.77. The van der Waals surface area contributed by atoms with Crippen molar-refractivity contribution in [2.75, 3.05) is 6.61 Å². The lowest BCUT2D eigenvalue weighted by atomic mass is 10.00. The molecule has 0 saturated heterocycles. The zero-order valence-corrected chi connectivity index (χ0v) is 18.8. The molecule has 0 unspecified atom stereocenters. The van der Waals surface area contributed by atoms with Crippen LogP contribution in [0.3, 0.4) is 0 Å². The van der Waals surface area contributed by atoms with Crippen LogP contribution in [0.15, 0.2) is 47.1 Å². The number of hydrogen-bond donors (Lipinski definition) is 2. The SMILES string of the molecule is C=C(N)C(=O)c1c(C)n(Cc2ccccc2Br)c2c3c(cc(OCC(=O)O)c12)CCC3. The predicted octanol–water partition coefficient (Wildman–Crippen LogP) is 4.37. The number of nitrogens with two attached hydrogens (primary N) is 1. The second-order valence-corrected chi connectivity index (χ2v) is 8.62. The van der Waals surface area contributed by atoms with Crippen molar-refractivity contribution < 1.29 is 19.4 Å². The summed E-state index contributed by atoms with van der Waals surface area (Å²) in [5.41, 5.74) is 11.2. The third-order valence-corrected chi connectivity index (χ3v) is 6.55. The minimum atomic E-state index is -1.07. The number of rotatable bonds is 7. The number of fused-ring (bicyclic) bond motifs is 3. The molecule has 31 heavy (non-hydrogen) atoms. The van der Waals surface area contributed by atoms with E-state index >= 15 is 0 Å². The Hall–Kier alpha value is -3.06. The minimum absolute atomic E-state index is 0.0623. The number of aliphatic carboxylic acids is 1. The number of halogens is 1. The van der Waals surface area contributed by atoms with E-state index in [2.05, 4.69) is 27.1 Å². The fraction of sp³-hybridized carbons (Fsp3) is 0.250. The van der Waals surface area contributed by atoms with E-state index in [1.54, 1.807) is 0 Å². The maximum absolute atomic E-state index is 13.1. The first kappa shape index (κ1) is 21.2. The molecular formula is C24H23BrN2O4. The van der Waals surface area contributed by atoms with E-state index < -0.39 is 12.6 Å². The molecule has 0 spiro atoms. The number of allylic oxidation sites excluding steroid dienone is 1. The highest BCUT2D eigenvalue weighted by Crippen LogP contribution is 2.42. The van der Waals surface area contributed by atoms with Crippen LogP contribution in [-0.2, 0) is 24.2 Å². The first-order valence-corrected chi connectivity index (χ1v) is 10.8. The van der Waals surface area contributed by atoms with Gasteiger partial charge < -0.3 is 20.1 Å².